The van der Waals surface area contributed by atoms with Gasteiger partial charge in [0.25, 0.3) is 10.0 Å². The monoisotopic (exact) mass is 262 g/mol. The highest BCUT2D eigenvalue weighted by atomic mass is 32.2. The number of H-pyrrole nitrogens is 1. The van der Waals surface area contributed by atoms with Gasteiger partial charge in [-0.25, -0.2) is 18.1 Å². The quantitative estimate of drug-likeness (QED) is 0.470. The van der Waals surface area contributed by atoms with Crippen molar-refractivity contribution in [1.29, 1.82) is 0 Å². The van der Waals surface area contributed by atoms with E-state index in [1.807, 2.05) is 0 Å². The van der Waals surface area contributed by atoms with Gasteiger partial charge in [0.05, 0.1) is 12.3 Å². The van der Waals surface area contributed by atoms with E-state index in [0.29, 0.717) is 18.9 Å². The summed E-state index contributed by atoms with van der Waals surface area (Å²) in [5, 5.41) is 11.9. The molecule has 4 N–H and O–H groups in total. The molecule has 1 rings (SSSR count). The number of hydrogen-bond acceptors (Lipinski definition) is 5. The first-order chi connectivity index (χ1) is 7.92. The molecule has 1 atom stereocenters. The third-order valence-electron chi connectivity index (χ3n) is 2.00. The van der Waals surface area contributed by atoms with Gasteiger partial charge in [0, 0.05) is 19.6 Å². The minimum Gasteiger partial charge on any atom is -0.392 e. The highest BCUT2D eigenvalue weighted by Crippen LogP contribution is 2.03. The molecule has 0 saturated carbocycles. The lowest BCUT2D eigenvalue weighted by Crippen LogP contribution is -2.34. The van der Waals surface area contributed by atoms with Crippen molar-refractivity contribution in [3.63, 3.8) is 0 Å². The van der Waals surface area contributed by atoms with Crippen LogP contribution in [0.4, 0.5) is 0 Å². The second-order valence-corrected chi connectivity index (χ2v) is 5.52. The van der Waals surface area contributed by atoms with Gasteiger partial charge in [-0.3, -0.25) is 0 Å². The van der Waals surface area contributed by atoms with E-state index in [2.05, 4.69) is 20.0 Å². The van der Waals surface area contributed by atoms with Crippen molar-refractivity contribution in [2.45, 2.75) is 25.0 Å². The number of imidazole rings is 1. The number of nitrogens with zero attached hydrogens (tertiary/aromatic N) is 1. The summed E-state index contributed by atoms with van der Waals surface area (Å²) in [5.41, 5.74) is 0. The Kier molecular flexibility index (Phi) is 5.06. The van der Waals surface area contributed by atoms with E-state index in [4.69, 9.17) is 5.11 Å². The molecule has 0 aliphatic carbocycles. The Morgan fingerprint density at radius 3 is 2.76 bits per heavy atom. The maximum Gasteiger partial charge on any atom is 0.257 e. The second-order valence-electron chi connectivity index (χ2n) is 3.78. The lowest BCUT2D eigenvalue weighted by atomic mass is 10.4. The SMILES string of the molecule is Cc1ncc(S(=O)(=O)NCCNCC(C)O)[nH]1. The molecule has 0 bridgehead atoms. The van der Waals surface area contributed by atoms with Crippen molar-refractivity contribution < 1.29 is 13.5 Å². The number of sulfonamides is 1. The highest BCUT2D eigenvalue weighted by molar-refractivity contribution is 7.89. The summed E-state index contributed by atoms with van der Waals surface area (Å²) >= 11 is 0. The Balaban J connectivity index is 2.36. The molecule has 0 fully saturated rings. The van der Waals surface area contributed by atoms with Crippen molar-refractivity contribution >= 4 is 10.0 Å². The van der Waals surface area contributed by atoms with E-state index in [0.717, 1.165) is 0 Å². The van der Waals surface area contributed by atoms with E-state index in [9.17, 15) is 8.42 Å². The van der Waals surface area contributed by atoms with Crippen molar-refractivity contribution in [1.82, 2.24) is 20.0 Å². The molecule has 0 aliphatic rings. The molecule has 17 heavy (non-hydrogen) atoms. The molecule has 8 heteroatoms. The van der Waals surface area contributed by atoms with Crippen LogP contribution < -0.4 is 10.0 Å². The molecule has 7 nitrogen and oxygen atoms in total. The molecule has 0 spiro atoms. The molecule has 1 aromatic heterocycles. The van der Waals surface area contributed by atoms with Crippen LogP contribution in [-0.2, 0) is 10.0 Å². The van der Waals surface area contributed by atoms with E-state index < -0.39 is 16.1 Å². The second kappa shape index (κ2) is 6.10. The summed E-state index contributed by atoms with van der Waals surface area (Å²) in [6, 6.07) is 0. The number of aryl methyl sites for hydroxylation is 1. The summed E-state index contributed by atoms with van der Waals surface area (Å²) in [5.74, 6) is 0.553. The van der Waals surface area contributed by atoms with Crippen molar-refractivity contribution in [2.75, 3.05) is 19.6 Å². The molecular formula is C9H18N4O3S. The van der Waals surface area contributed by atoms with Crippen LogP contribution in [0.2, 0.25) is 0 Å². The number of aliphatic hydroxyl groups excluding tert-OH is 1. The zero-order valence-corrected chi connectivity index (χ0v) is 10.7. The lowest BCUT2D eigenvalue weighted by molar-refractivity contribution is 0.192. The average Bonchev–Trinajstić information content (AvgIpc) is 2.64. The van der Waals surface area contributed by atoms with Crippen LogP contribution in [0.3, 0.4) is 0 Å². The molecule has 0 radical (unpaired) electrons. The third-order valence-corrected chi connectivity index (χ3v) is 3.37. The van der Waals surface area contributed by atoms with Gasteiger partial charge in [0.15, 0.2) is 5.03 Å². The molecule has 1 aromatic rings. The predicted molar refractivity (Wildman–Crippen MR) is 63.1 cm³/mol. The Morgan fingerprint density at radius 1 is 1.53 bits per heavy atom. The first-order valence-corrected chi connectivity index (χ1v) is 6.80. The summed E-state index contributed by atoms with van der Waals surface area (Å²) in [6.07, 6.45) is 0.836. The Bertz CT molecular complexity index is 441. The lowest BCUT2D eigenvalue weighted by Gasteiger charge is -2.07. The van der Waals surface area contributed by atoms with Crippen LogP contribution in [0.15, 0.2) is 11.2 Å². The largest absolute Gasteiger partial charge is 0.392 e. The van der Waals surface area contributed by atoms with Gasteiger partial charge in [-0.05, 0) is 13.8 Å². The van der Waals surface area contributed by atoms with Crippen LogP contribution >= 0.6 is 0 Å². The third kappa shape index (κ3) is 4.82. The Morgan fingerprint density at radius 2 is 2.24 bits per heavy atom. The minimum atomic E-state index is -3.51. The van der Waals surface area contributed by atoms with Crippen molar-refractivity contribution in [3.8, 4) is 0 Å². The summed E-state index contributed by atoms with van der Waals surface area (Å²) < 4.78 is 25.8. The first-order valence-electron chi connectivity index (χ1n) is 5.32. The molecule has 0 amide bonds. The van der Waals surface area contributed by atoms with Gasteiger partial charge >= 0.3 is 0 Å². The minimum absolute atomic E-state index is 0.0607. The van der Waals surface area contributed by atoms with E-state index in [1.54, 1.807) is 13.8 Å². The zero-order valence-electron chi connectivity index (χ0n) is 9.90. The number of aliphatic hydroxyl groups is 1. The van der Waals surface area contributed by atoms with Gasteiger partial charge < -0.3 is 15.4 Å². The highest BCUT2D eigenvalue weighted by Gasteiger charge is 2.15. The fourth-order valence-electron chi connectivity index (χ4n) is 1.20. The smallest absolute Gasteiger partial charge is 0.257 e. The maximum atomic E-state index is 11.7. The van der Waals surface area contributed by atoms with E-state index >= 15 is 0 Å². The molecule has 0 aromatic carbocycles. The number of aromatic amines is 1. The van der Waals surface area contributed by atoms with Crippen LogP contribution in [0.25, 0.3) is 0 Å². The van der Waals surface area contributed by atoms with Gasteiger partial charge in [0.2, 0.25) is 0 Å². The van der Waals surface area contributed by atoms with Gasteiger partial charge in [-0.1, -0.05) is 0 Å². The van der Waals surface area contributed by atoms with Crippen molar-refractivity contribution in [3.05, 3.63) is 12.0 Å². The molecule has 1 unspecified atom stereocenters. The average molecular weight is 262 g/mol. The Labute approximate surface area is 101 Å². The van der Waals surface area contributed by atoms with Crippen LogP contribution in [0, 0.1) is 6.92 Å². The standard InChI is InChI=1S/C9H18N4O3S/c1-7(14)5-10-3-4-12-17(15,16)9-6-11-8(2)13-9/h6-7,10,12,14H,3-5H2,1-2H3,(H,11,13). The van der Waals surface area contributed by atoms with Gasteiger partial charge in [0.1, 0.15) is 5.82 Å². The van der Waals surface area contributed by atoms with Crippen LogP contribution in [0.1, 0.15) is 12.7 Å². The van der Waals surface area contributed by atoms with Gasteiger partial charge in [-0.15, -0.1) is 0 Å². The van der Waals surface area contributed by atoms with Crippen molar-refractivity contribution in [2.24, 2.45) is 0 Å². The topological polar surface area (TPSA) is 107 Å². The molecular weight excluding hydrogens is 244 g/mol. The van der Waals surface area contributed by atoms with E-state index in [1.165, 1.54) is 6.20 Å². The predicted octanol–water partition coefficient (Wildman–Crippen LogP) is -1.03. The Hall–Kier alpha value is -0.960. The fourth-order valence-corrected chi connectivity index (χ4v) is 2.20. The normalized spacial score (nSPS) is 13.8. The van der Waals surface area contributed by atoms with Crippen LogP contribution in [-0.4, -0.2) is 49.2 Å². The molecule has 0 saturated heterocycles. The number of hydrogen-bond donors (Lipinski definition) is 4. The van der Waals surface area contributed by atoms with Crippen LogP contribution in [0.5, 0.6) is 0 Å². The van der Waals surface area contributed by atoms with E-state index in [-0.39, 0.29) is 11.6 Å². The number of aromatic nitrogens is 2. The summed E-state index contributed by atoms with van der Waals surface area (Å²) in [4.78, 5) is 6.48. The number of nitrogens with one attached hydrogen (secondary N) is 3. The molecule has 1 heterocycles. The number of rotatable bonds is 7. The zero-order chi connectivity index (χ0) is 12.9. The fraction of sp³-hybridized carbons (Fsp3) is 0.667. The first kappa shape index (κ1) is 14.1. The molecule has 98 valence electrons. The van der Waals surface area contributed by atoms with Gasteiger partial charge in [-0.2, -0.15) is 0 Å². The maximum absolute atomic E-state index is 11.7. The molecule has 0 aliphatic heterocycles. The summed E-state index contributed by atoms with van der Waals surface area (Å²) in [7, 11) is -3.51. The summed E-state index contributed by atoms with van der Waals surface area (Å²) in [6.45, 7) is 4.49.